The van der Waals surface area contributed by atoms with Crippen LogP contribution in [0.25, 0.3) is 0 Å². The third-order valence-corrected chi connectivity index (χ3v) is 2.95. The number of carbonyl (C=O) groups excluding carboxylic acids is 1. The number of hydrogen-bond acceptors (Lipinski definition) is 11. The van der Waals surface area contributed by atoms with E-state index in [1.807, 2.05) is 0 Å². The van der Waals surface area contributed by atoms with E-state index in [0.717, 1.165) is 0 Å². The standard InChI is InChI=1S/C9H12N4O7S2/c1-9(2,7(15)16)20-12-4(5-11-8(10)21-13-5)6(14)19-22(3,17)18/h1-3H3,(H,15,16)(H2,10,11,13)/b12-4-. The summed E-state index contributed by atoms with van der Waals surface area (Å²) in [6.07, 6.45) is 0.646. The number of oxime groups is 1. The highest BCUT2D eigenvalue weighted by Gasteiger charge is 2.32. The average molecular weight is 352 g/mol. The van der Waals surface area contributed by atoms with Crippen LogP contribution in [0.1, 0.15) is 19.7 Å². The number of aliphatic carboxylic acids is 1. The maximum atomic E-state index is 11.8. The zero-order chi connectivity index (χ0) is 17.1. The highest BCUT2D eigenvalue weighted by Crippen LogP contribution is 2.13. The van der Waals surface area contributed by atoms with Crippen molar-refractivity contribution in [2.75, 3.05) is 12.0 Å². The fraction of sp³-hybridized carbons (Fsp3) is 0.444. The number of nitrogens with two attached hydrogens (primary N) is 1. The van der Waals surface area contributed by atoms with Crippen LogP contribution < -0.4 is 5.73 Å². The Morgan fingerprint density at radius 3 is 2.41 bits per heavy atom. The zero-order valence-corrected chi connectivity index (χ0v) is 13.3. The third kappa shape index (κ3) is 4.92. The minimum absolute atomic E-state index is 0.0210. The molecule has 22 heavy (non-hydrogen) atoms. The van der Waals surface area contributed by atoms with Gasteiger partial charge in [-0.3, -0.25) is 0 Å². The summed E-state index contributed by atoms with van der Waals surface area (Å²) in [5, 5.41) is 12.2. The molecular weight excluding hydrogens is 340 g/mol. The number of nitrogen functional groups attached to an aromatic ring is 1. The van der Waals surface area contributed by atoms with Crippen LogP contribution in [0, 0.1) is 0 Å². The molecule has 0 spiro atoms. The predicted molar refractivity (Wildman–Crippen MR) is 74.6 cm³/mol. The number of carbonyl (C=O) groups is 2. The lowest BCUT2D eigenvalue weighted by atomic mass is 10.1. The maximum Gasteiger partial charge on any atom is 0.379 e. The molecular formula is C9H12N4O7S2. The van der Waals surface area contributed by atoms with Gasteiger partial charge < -0.3 is 19.9 Å². The lowest BCUT2D eigenvalue weighted by Crippen LogP contribution is -2.34. The van der Waals surface area contributed by atoms with Crippen molar-refractivity contribution in [3.05, 3.63) is 5.82 Å². The normalized spacial score (nSPS) is 12.8. The Kier molecular flexibility index (Phi) is 5.03. The Hall–Kier alpha value is -2.28. The molecule has 0 amide bonds. The van der Waals surface area contributed by atoms with Crippen molar-refractivity contribution >= 4 is 44.4 Å². The number of hydrogen-bond donors (Lipinski definition) is 2. The van der Waals surface area contributed by atoms with Crippen molar-refractivity contribution in [3.8, 4) is 0 Å². The van der Waals surface area contributed by atoms with Crippen LogP contribution >= 0.6 is 11.5 Å². The van der Waals surface area contributed by atoms with Crippen molar-refractivity contribution in [1.82, 2.24) is 9.36 Å². The Balaban J connectivity index is 3.18. The fourth-order valence-electron chi connectivity index (χ4n) is 0.877. The second-order valence-corrected chi connectivity index (χ2v) is 6.74. The molecule has 13 heteroatoms. The molecule has 0 atom stereocenters. The molecule has 3 N–H and O–H groups in total. The van der Waals surface area contributed by atoms with Gasteiger partial charge in [0.2, 0.25) is 17.1 Å². The quantitative estimate of drug-likeness (QED) is 0.375. The molecule has 1 aromatic rings. The van der Waals surface area contributed by atoms with Gasteiger partial charge in [0.15, 0.2) is 5.13 Å². The van der Waals surface area contributed by atoms with E-state index in [-0.39, 0.29) is 11.0 Å². The summed E-state index contributed by atoms with van der Waals surface area (Å²) in [6.45, 7) is 2.34. The van der Waals surface area contributed by atoms with Gasteiger partial charge in [0.05, 0.1) is 6.26 Å². The minimum atomic E-state index is -4.13. The van der Waals surface area contributed by atoms with Crippen molar-refractivity contribution < 1.29 is 32.1 Å². The average Bonchev–Trinajstić information content (AvgIpc) is 2.73. The van der Waals surface area contributed by atoms with Gasteiger partial charge in [-0.15, -0.1) is 0 Å². The monoisotopic (exact) mass is 352 g/mol. The molecule has 0 radical (unpaired) electrons. The van der Waals surface area contributed by atoms with Crippen molar-refractivity contribution in [3.63, 3.8) is 0 Å². The first-order valence-corrected chi connectivity index (χ1v) is 8.04. The lowest BCUT2D eigenvalue weighted by molar-refractivity contribution is -0.161. The summed E-state index contributed by atoms with van der Waals surface area (Å²) in [5.41, 5.74) is 2.85. The second-order valence-electron chi connectivity index (χ2n) is 4.38. The van der Waals surface area contributed by atoms with Crippen LogP contribution in [0.4, 0.5) is 5.13 Å². The molecule has 0 unspecified atom stereocenters. The summed E-state index contributed by atoms with van der Waals surface area (Å²) in [4.78, 5) is 31.1. The van der Waals surface area contributed by atoms with Crippen molar-refractivity contribution in [2.24, 2.45) is 5.16 Å². The molecule has 122 valence electrons. The summed E-state index contributed by atoms with van der Waals surface area (Å²) in [5.74, 6) is -3.14. The fourth-order valence-corrected chi connectivity index (χ4v) is 1.67. The number of carboxylic acid groups (broad SMARTS) is 1. The Morgan fingerprint density at radius 2 is 2.00 bits per heavy atom. The van der Waals surface area contributed by atoms with Crippen LogP contribution in [-0.2, 0) is 28.7 Å². The molecule has 1 aromatic heterocycles. The van der Waals surface area contributed by atoms with Crippen LogP contribution in [-0.4, -0.2) is 52.4 Å². The van der Waals surface area contributed by atoms with E-state index in [2.05, 4.69) is 18.7 Å². The second kappa shape index (κ2) is 6.23. The number of rotatable bonds is 6. The number of aromatic nitrogens is 2. The van der Waals surface area contributed by atoms with E-state index >= 15 is 0 Å². The van der Waals surface area contributed by atoms with Crippen molar-refractivity contribution in [1.29, 1.82) is 0 Å². The lowest BCUT2D eigenvalue weighted by Gasteiger charge is -2.16. The van der Waals surface area contributed by atoms with E-state index in [4.69, 9.17) is 15.7 Å². The third-order valence-electron chi connectivity index (χ3n) is 1.95. The van der Waals surface area contributed by atoms with Crippen LogP contribution in [0.3, 0.4) is 0 Å². The van der Waals surface area contributed by atoms with E-state index in [0.29, 0.717) is 17.8 Å². The molecule has 0 aliphatic rings. The molecule has 0 saturated carbocycles. The zero-order valence-electron chi connectivity index (χ0n) is 11.6. The van der Waals surface area contributed by atoms with Crippen LogP contribution in [0.2, 0.25) is 0 Å². The number of carboxylic acids is 1. The molecule has 11 nitrogen and oxygen atoms in total. The summed E-state index contributed by atoms with van der Waals surface area (Å²) < 4.78 is 29.8. The molecule has 0 aliphatic carbocycles. The highest BCUT2D eigenvalue weighted by atomic mass is 32.2. The molecule has 0 bridgehead atoms. The van der Waals surface area contributed by atoms with Gasteiger partial charge in [-0.25, -0.2) is 9.59 Å². The molecule has 1 heterocycles. The van der Waals surface area contributed by atoms with E-state index in [9.17, 15) is 18.0 Å². The molecule has 0 aromatic carbocycles. The first-order chi connectivity index (χ1) is 9.92. The van der Waals surface area contributed by atoms with Gasteiger partial charge in [-0.1, -0.05) is 5.16 Å². The van der Waals surface area contributed by atoms with Gasteiger partial charge in [0.1, 0.15) is 0 Å². The minimum Gasteiger partial charge on any atom is -0.478 e. The topological polar surface area (TPSA) is 171 Å². The summed E-state index contributed by atoms with van der Waals surface area (Å²) >= 11 is 0.715. The predicted octanol–water partition coefficient (Wildman–Crippen LogP) is -0.793. The van der Waals surface area contributed by atoms with E-state index in [1.54, 1.807) is 0 Å². The maximum absolute atomic E-state index is 11.8. The first-order valence-electron chi connectivity index (χ1n) is 5.45. The smallest absolute Gasteiger partial charge is 0.379 e. The van der Waals surface area contributed by atoms with Crippen LogP contribution in [0.15, 0.2) is 5.16 Å². The Labute approximate surface area is 129 Å². The van der Waals surface area contributed by atoms with Gasteiger partial charge in [-0.2, -0.15) is 17.8 Å². The van der Waals surface area contributed by atoms with Gasteiger partial charge in [0.25, 0.3) is 0 Å². The SMILES string of the molecule is CC(C)(O/N=C(\C(=O)OS(C)(=O)=O)c1nsc(N)n1)C(=O)O. The molecule has 0 saturated heterocycles. The Bertz CT molecular complexity index is 722. The van der Waals surface area contributed by atoms with Gasteiger partial charge >= 0.3 is 22.1 Å². The van der Waals surface area contributed by atoms with E-state index in [1.165, 1.54) is 13.8 Å². The van der Waals surface area contributed by atoms with Crippen LogP contribution in [0.5, 0.6) is 0 Å². The van der Waals surface area contributed by atoms with Gasteiger partial charge in [0, 0.05) is 11.5 Å². The molecule has 0 fully saturated rings. The number of anilines is 1. The first kappa shape index (κ1) is 17.8. The molecule has 1 rings (SSSR count). The summed E-state index contributed by atoms with van der Waals surface area (Å²) in [7, 11) is -4.13. The highest BCUT2D eigenvalue weighted by molar-refractivity contribution is 7.86. The van der Waals surface area contributed by atoms with E-state index < -0.39 is 33.4 Å². The number of nitrogens with zero attached hydrogens (tertiary/aromatic N) is 3. The van der Waals surface area contributed by atoms with Gasteiger partial charge in [-0.05, 0) is 13.8 Å². The van der Waals surface area contributed by atoms with Crippen molar-refractivity contribution in [2.45, 2.75) is 19.4 Å². The summed E-state index contributed by atoms with van der Waals surface area (Å²) in [6, 6.07) is 0. The Morgan fingerprint density at radius 1 is 1.41 bits per heavy atom. The molecule has 0 aliphatic heterocycles. The largest absolute Gasteiger partial charge is 0.478 e.